The van der Waals surface area contributed by atoms with Crippen molar-refractivity contribution in [3.63, 3.8) is 0 Å². The van der Waals surface area contributed by atoms with Crippen LogP contribution in [0.4, 0.5) is 4.79 Å². The van der Waals surface area contributed by atoms with E-state index in [2.05, 4.69) is 45.0 Å². The van der Waals surface area contributed by atoms with Crippen LogP contribution >= 0.6 is 0 Å². The first-order chi connectivity index (χ1) is 16.1. The number of sulfone groups is 1. The van der Waals surface area contributed by atoms with Gasteiger partial charge in [0.1, 0.15) is 5.60 Å². The quantitative estimate of drug-likeness (QED) is 0.522. The third-order valence-corrected chi connectivity index (χ3v) is 13.1. The molecule has 1 aliphatic rings. The van der Waals surface area contributed by atoms with Crippen molar-refractivity contribution in [3.8, 4) is 0 Å². The molecule has 3 rings (SSSR count). The van der Waals surface area contributed by atoms with Crippen molar-refractivity contribution in [2.24, 2.45) is 5.92 Å². The topological polar surface area (TPSA) is 72.9 Å². The summed E-state index contributed by atoms with van der Waals surface area (Å²) in [5.41, 5.74) is -0.592. The monoisotopic (exact) mass is 517 g/mol. The summed E-state index contributed by atoms with van der Waals surface area (Å²) in [5.74, 6) is -0.198. The molecule has 2 aromatic carbocycles. The minimum Gasteiger partial charge on any atom is -0.444 e. The Morgan fingerprint density at radius 1 is 0.943 bits per heavy atom. The first kappa shape index (κ1) is 27.4. The van der Waals surface area contributed by atoms with Gasteiger partial charge in [0.25, 0.3) is 8.32 Å². The molecule has 0 radical (unpaired) electrons. The Hall–Kier alpha value is -2.16. The third kappa shape index (κ3) is 6.16. The number of hydrogen-bond donors (Lipinski definition) is 0. The second-order valence-corrected chi connectivity index (χ2v) is 18.1. The lowest BCUT2D eigenvalue weighted by Crippen LogP contribution is -2.68. The van der Waals surface area contributed by atoms with Crippen molar-refractivity contribution in [3.05, 3.63) is 60.7 Å². The summed E-state index contributed by atoms with van der Waals surface area (Å²) in [5, 5.41) is 1.26. The Bertz CT molecular complexity index is 1060. The van der Waals surface area contributed by atoms with Crippen molar-refractivity contribution in [1.29, 1.82) is 0 Å². The van der Waals surface area contributed by atoms with Gasteiger partial charge in [-0.2, -0.15) is 0 Å². The molecule has 192 valence electrons. The van der Waals surface area contributed by atoms with E-state index in [4.69, 9.17) is 9.16 Å². The largest absolute Gasteiger partial charge is 0.444 e. The summed E-state index contributed by atoms with van der Waals surface area (Å²) in [7, 11) is -6.29. The average molecular weight is 518 g/mol. The predicted octanol–water partition coefficient (Wildman–Crippen LogP) is 3.84. The van der Waals surface area contributed by atoms with Gasteiger partial charge in [-0.25, -0.2) is 13.2 Å². The molecule has 0 bridgehead atoms. The Balaban J connectivity index is 1.91. The maximum Gasteiger partial charge on any atom is 0.410 e. The number of carbonyl (C=O) groups excluding carboxylic acids is 1. The Morgan fingerprint density at radius 3 is 1.77 bits per heavy atom. The van der Waals surface area contributed by atoms with Gasteiger partial charge in [0.05, 0.1) is 11.9 Å². The van der Waals surface area contributed by atoms with Gasteiger partial charge in [0.2, 0.25) is 0 Å². The van der Waals surface area contributed by atoms with Crippen LogP contribution in [0, 0.1) is 5.92 Å². The highest BCUT2D eigenvalue weighted by Gasteiger charge is 2.52. The minimum absolute atomic E-state index is 0.0823. The zero-order valence-corrected chi connectivity index (χ0v) is 23.8. The highest BCUT2D eigenvalue weighted by atomic mass is 32.2. The average Bonchev–Trinajstić information content (AvgIpc) is 2.70. The highest BCUT2D eigenvalue weighted by molar-refractivity contribution is 7.91. The highest BCUT2D eigenvalue weighted by Crippen LogP contribution is 2.37. The maximum absolute atomic E-state index is 12.9. The minimum atomic E-state index is -3.42. The summed E-state index contributed by atoms with van der Waals surface area (Å²) in [4.78, 5) is 14.0. The van der Waals surface area contributed by atoms with Gasteiger partial charge in [-0.1, -0.05) is 81.4 Å². The lowest BCUT2D eigenvalue weighted by molar-refractivity contribution is -0.00335. The lowest BCUT2D eigenvalue weighted by atomic mass is 9.97. The lowest BCUT2D eigenvalue weighted by Gasteiger charge is -2.46. The fraction of sp³-hybridized carbons (Fsp3) is 0.519. The van der Waals surface area contributed by atoms with Crippen molar-refractivity contribution in [1.82, 2.24) is 4.90 Å². The maximum atomic E-state index is 12.9. The zero-order chi connectivity index (χ0) is 26.1. The molecule has 0 spiro atoms. The van der Waals surface area contributed by atoms with Gasteiger partial charge in [0, 0.05) is 25.3 Å². The van der Waals surface area contributed by atoms with Crippen molar-refractivity contribution < 1.29 is 22.4 Å². The molecule has 6 nitrogen and oxygen atoms in total. The molecule has 8 heteroatoms. The van der Waals surface area contributed by atoms with E-state index in [0.717, 1.165) is 10.4 Å². The van der Waals surface area contributed by atoms with Crippen LogP contribution in [0.3, 0.4) is 0 Å². The van der Waals surface area contributed by atoms with Gasteiger partial charge >= 0.3 is 6.09 Å². The van der Waals surface area contributed by atoms with E-state index in [-0.39, 0.29) is 17.6 Å². The van der Waals surface area contributed by atoms with E-state index in [1.807, 2.05) is 57.2 Å². The van der Waals surface area contributed by atoms with E-state index >= 15 is 0 Å². The van der Waals surface area contributed by atoms with E-state index < -0.39 is 35.1 Å². The Kier molecular flexibility index (Phi) is 7.89. The van der Waals surface area contributed by atoms with Gasteiger partial charge in [-0.15, -0.1) is 0 Å². The molecule has 0 N–H and O–H groups in total. The molecule has 1 amide bonds. The number of hydrogen-bond acceptors (Lipinski definition) is 5. The second-order valence-electron chi connectivity index (χ2n) is 11.5. The van der Waals surface area contributed by atoms with E-state index in [0.29, 0.717) is 13.1 Å². The first-order valence-corrected chi connectivity index (χ1v) is 15.9. The zero-order valence-electron chi connectivity index (χ0n) is 21.9. The van der Waals surface area contributed by atoms with Crippen LogP contribution < -0.4 is 10.4 Å². The van der Waals surface area contributed by atoms with Crippen LogP contribution in [0.5, 0.6) is 0 Å². The summed E-state index contributed by atoms with van der Waals surface area (Å²) in [6, 6.07) is 20.4. The molecule has 2 aromatic rings. The normalized spacial score (nSPS) is 16.5. The molecule has 1 unspecified atom stereocenters. The van der Waals surface area contributed by atoms with Gasteiger partial charge in [0.15, 0.2) is 9.84 Å². The smallest absolute Gasteiger partial charge is 0.410 e. The van der Waals surface area contributed by atoms with Gasteiger partial charge in [-0.05, 0) is 36.2 Å². The molecule has 1 atom stereocenters. The molecule has 0 aromatic heterocycles. The Labute approximate surface area is 211 Å². The van der Waals surface area contributed by atoms with Crippen molar-refractivity contribution in [2.45, 2.75) is 57.4 Å². The molecule has 1 saturated heterocycles. The van der Waals surface area contributed by atoms with Crippen molar-refractivity contribution in [2.75, 3.05) is 26.0 Å². The molecule has 0 aliphatic carbocycles. The van der Waals surface area contributed by atoms with Crippen LogP contribution in [-0.4, -0.2) is 64.5 Å². The Morgan fingerprint density at radius 2 is 1.40 bits per heavy atom. The van der Waals surface area contributed by atoms with E-state index in [9.17, 15) is 13.2 Å². The van der Waals surface area contributed by atoms with Crippen molar-refractivity contribution >= 4 is 34.6 Å². The molecule has 35 heavy (non-hydrogen) atoms. The molecular formula is C27H39NO5SSi. The second kappa shape index (κ2) is 10.1. The number of nitrogens with zero attached hydrogens (tertiary/aromatic N) is 1. The van der Waals surface area contributed by atoms with Crippen LogP contribution in [0.2, 0.25) is 5.04 Å². The number of carbonyl (C=O) groups is 1. The molecule has 1 fully saturated rings. The molecular weight excluding hydrogens is 478 g/mol. The number of benzene rings is 2. The van der Waals surface area contributed by atoms with Gasteiger partial charge in [-0.3, -0.25) is 0 Å². The standard InChI is InChI=1S/C27H39NO5SSi/c1-26(2,3)33-25(29)28-18-21(19-28)24(34(7,30)31)20-32-35(27(4,5)6,22-14-10-8-11-15-22)23-16-12-9-13-17-23/h8-17,21,24H,18-20H2,1-7H3. The van der Waals surface area contributed by atoms with E-state index in [1.165, 1.54) is 6.26 Å². The van der Waals surface area contributed by atoms with E-state index in [1.54, 1.807) is 4.90 Å². The number of likely N-dealkylation sites (tertiary alicyclic amines) is 1. The van der Waals surface area contributed by atoms with Crippen LogP contribution in [0.1, 0.15) is 41.5 Å². The number of ether oxygens (including phenoxy) is 1. The number of amides is 1. The van der Waals surface area contributed by atoms with Crippen LogP contribution in [0.15, 0.2) is 60.7 Å². The van der Waals surface area contributed by atoms with Crippen LogP contribution in [0.25, 0.3) is 0 Å². The summed E-state index contributed by atoms with van der Waals surface area (Å²) in [6.07, 6.45) is 0.858. The summed E-state index contributed by atoms with van der Waals surface area (Å²) >= 11 is 0. The third-order valence-electron chi connectivity index (χ3n) is 6.52. The molecule has 0 saturated carbocycles. The number of rotatable bonds is 7. The van der Waals surface area contributed by atoms with Gasteiger partial charge < -0.3 is 14.1 Å². The fourth-order valence-corrected chi connectivity index (χ4v) is 10.7. The first-order valence-electron chi connectivity index (χ1n) is 12.1. The fourth-order valence-electron chi connectivity index (χ4n) is 4.80. The summed E-state index contributed by atoms with van der Waals surface area (Å²) < 4.78 is 38.2. The predicted molar refractivity (Wildman–Crippen MR) is 144 cm³/mol. The van der Waals surface area contributed by atoms with Crippen LogP contribution in [-0.2, 0) is 19.0 Å². The molecule has 1 aliphatic heterocycles. The summed E-state index contributed by atoms with van der Waals surface area (Å²) in [6.45, 7) is 12.7. The SMILES string of the molecule is CC(C)(C)OC(=O)N1CC(C(CO[Si](c2ccccc2)(c2ccccc2)C(C)(C)C)S(C)(=O)=O)C1. The molecule has 1 heterocycles.